The first-order chi connectivity index (χ1) is 8.38. The summed E-state index contributed by atoms with van der Waals surface area (Å²) >= 11 is 0. The van der Waals surface area contributed by atoms with Crippen molar-refractivity contribution in [1.29, 1.82) is 0 Å². The van der Waals surface area contributed by atoms with Crippen LogP contribution in [0, 0.1) is 0 Å². The summed E-state index contributed by atoms with van der Waals surface area (Å²) in [5.74, 6) is 1.82. The highest BCUT2D eigenvalue weighted by Crippen LogP contribution is 2.19. The Hall–Kier alpha value is -1.22. The molecule has 94 valence electrons. The quantitative estimate of drug-likeness (QED) is 0.703. The fraction of sp³-hybridized carbons (Fsp3) is 0.571. The van der Waals surface area contributed by atoms with Gasteiger partial charge in [0.25, 0.3) is 0 Å². The Morgan fingerprint density at radius 1 is 1.06 bits per heavy atom. The van der Waals surface area contributed by atoms with E-state index in [1.807, 2.05) is 24.3 Å². The van der Waals surface area contributed by atoms with Crippen molar-refractivity contribution < 1.29 is 9.47 Å². The molecule has 1 fully saturated rings. The van der Waals surface area contributed by atoms with Crippen LogP contribution in [0.3, 0.4) is 0 Å². The second kappa shape index (κ2) is 6.50. The Morgan fingerprint density at radius 2 is 1.65 bits per heavy atom. The van der Waals surface area contributed by atoms with Crippen molar-refractivity contribution in [3.05, 3.63) is 24.3 Å². The van der Waals surface area contributed by atoms with Crippen molar-refractivity contribution in [3.63, 3.8) is 0 Å². The SMILES string of the molecule is CCCOc1ccc(OCCNC2CC2)cc1. The summed E-state index contributed by atoms with van der Waals surface area (Å²) in [7, 11) is 0. The molecule has 0 unspecified atom stereocenters. The molecule has 1 N–H and O–H groups in total. The van der Waals surface area contributed by atoms with Crippen LogP contribution in [0.15, 0.2) is 24.3 Å². The third-order valence-corrected chi connectivity index (χ3v) is 2.68. The van der Waals surface area contributed by atoms with Gasteiger partial charge in [-0.15, -0.1) is 0 Å². The van der Waals surface area contributed by atoms with Crippen molar-refractivity contribution in [3.8, 4) is 11.5 Å². The van der Waals surface area contributed by atoms with Crippen LogP contribution in [0.25, 0.3) is 0 Å². The van der Waals surface area contributed by atoms with E-state index in [9.17, 15) is 0 Å². The monoisotopic (exact) mass is 235 g/mol. The van der Waals surface area contributed by atoms with Gasteiger partial charge in [-0.05, 0) is 43.5 Å². The van der Waals surface area contributed by atoms with Crippen LogP contribution < -0.4 is 14.8 Å². The lowest BCUT2D eigenvalue weighted by Gasteiger charge is -2.08. The Morgan fingerprint density at radius 3 is 2.18 bits per heavy atom. The van der Waals surface area contributed by atoms with Gasteiger partial charge in [-0.2, -0.15) is 0 Å². The summed E-state index contributed by atoms with van der Waals surface area (Å²) in [5, 5.41) is 3.42. The number of ether oxygens (including phenoxy) is 2. The van der Waals surface area contributed by atoms with Gasteiger partial charge < -0.3 is 14.8 Å². The molecule has 0 atom stereocenters. The molecule has 1 aromatic carbocycles. The fourth-order valence-corrected chi connectivity index (χ4v) is 1.57. The zero-order valence-electron chi connectivity index (χ0n) is 10.4. The molecule has 17 heavy (non-hydrogen) atoms. The van der Waals surface area contributed by atoms with E-state index in [0.29, 0.717) is 0 Å². The highest BCUT2D eigenvalue weighted by Gasteiger charge is 2.19. The Labute approximate surface area is 103 Å². The average Bonchev–Trinajstić information content (AvgIpc) is 3.18. The predicted octanol–water partition coefficient (Wildman–Crippen LogP) is 2.61. The maximum Gasteiger partial charge on any atom is 0.119 e. The topological polar surface area (TPSA) is 30.5 Å². The van der Waals surface area contributed by atoms with E-state index in [-0.39, 0.29) is 0 Å². The standard InChI is InChI=1S/C14H21NO2/c1-2-10-16-13-5-7-14(8-6-13)17-11-9-15-12-3-4-12/h5-8,12,15H,2-4,9-11H2,1H3. The van der Waals surface area contributed by atoms with Gasteiger partial charge in [0.1, 0.15) is 18.1 Å². The van der Waals surface area contributed by atoms with Crippen molar-refractivity contribution in [2.45, 2.75) is 32.2 Å². The number of hydrogen-bond acceptors (Lipinski definition) is 3. The normalized spacial score (nSPS) is 14.6. The number of nitrogens with one attached hydrogen (secondary N) is 1. The zero-order chi connectivity index (χ0) is 11.9. The molecule has 3 nitrogen and oxygen atoms in total. The van der Waals surface area contributed by atoms with Gasteiger partial charge in [-0.3, -0.25) is 0 Å². The van der Waals surface area contributed by atoms with E-state index in [1.54, 1.807) is 0 Å². The third kappa shape index (κ3) is 4.65. The van der Waals surface area contributed by atoms with Crippen LogP contribution in [-0.2, 0) is 0 Å². The molecule has 1 saturated carbocycles. The number of benzene rings is 1. The molecule has 1 aromatic rings. The summed E-state index contributed by atoms with van der Waals surface area (Å²) < 4.78 is 11.1. The minimum Gasteiger partial charge on any atom is -0.494 e. The first kappa shape index (κ1) is 12.2. The van der Waals surface area contributed by atoms with E-state index in [0.717, 1.165) is 43.7 Å². The minimum absolute atomic E-state index is 0.728. The van der Waals surface area contributed by atoms with Gasteiger partial charge in [0, 0.05) is 12.6 Å². The molecule has 3 heteroatoms. The summed E-state index contributed by atoms with van der Waals surface area (Å²) in [4.78, 5) is 0. The second-order valence-electron chi connectivity index (χ2n) is 4.40. The molecular weight excluding hydrogens is 214 g/mol. The summed E-state index contributed by atoms with van der Waals surface area (Å²) in [6.45, 7) is 4.53. The molecule has 2 rings (SSSR count). The van der Waals surface area contributed by atoms with E-state index >= 15 is 0 Å². The van der Waals surface area contributed by atoms with Crippen LogP contribution in [0.1, 0.15) is 26.2 Å². The van der Waals surface area contributed by atoms with Crippen molar-refractivity contribution in [1.82, 2.24) is 5.32 Å². The summed E-state index contributed by atoms with van der Waals surface area (Å²) in [6.07, 6.45) is 3.68. The second-order valence-corrected chi connectivity index (χ2v) is 4.40. The van der Waals surface area contributed by atoms with E-state index < -0.39 is 0 Å². The Kier molecular flexibility index (Phi) is 4.68. The van der Waals surface area contributed by atoms with Crippen LogP contribution in [-0.4, -0.2) is 25.8 Å². The van der Waals surface area contributed by atoms with Crippen molar-refractivity contribution >= 4 is 0 Å². The number of hydrogen-bond donors (Lipinski definition) is 1. The van der Waals surface area contributed by atoms with Gasteiger partial charge in [0.2, 0.25) is 0 Å². The zero-order valence-corrected chi connectivity index (χ0v) is 10.4. The molecule has 0 heterocycles. The molecule has 1 aliphatic rings. The summed E-state index contributed by atoms with van der Waals surface area (Å²) in [5.41, 5.74) is 0. The smallest absolute Gasteiger partial charge is 0.119 e. The van der Waals surface area contributed by atoms with Crippen molar-refractivity contribution in [2.75, 3.05) is 19.8 Å². The van der Waals surface area contributed by atoms with Crippen molar-refractivity contribution in [2.24, 2.45) is 0 Å². The van der Waals surface area contributed by atoms with E-state index in [1.165, 1.54) is 12.8 Å². The molecule has 0 amide bonds. The highest BCUT2D eigenvalue weighted by atomic mass is 16.5. The average molecular weight is 235 g/mol. The molecule has 0 aliphatic heterocycles. The van der Waals surface area contributed by atoms with Crippen LogP contribution in [0.2, 0.25) is 0 Å². The third-order valence-electron chi connectivity index (χ3n) is 2.68. The van der Waals surface area contributed by atoms with Gasteiger partial charge in [0.15, 0.2) is 0 Å². The molecule has 0 radical (unpaired) electrons. The van der Waals surface area contributed by atoms with Gasteiger partial charge in [0.05, 0.1) is 6.61 Å². The maximum atomic E-state index is 5.63. The molecule has 0 bridgehead atoms. The van der Waals surface area contributed by atoms with Crippen LogP contribution in [0.4, 0.5) is 0 Å². The first-order valence-corrected chi connectivity index (χ1v) is 6.47. The molecular formula is C14H21NO2. The maximum absolute atomic E-state index is 5.63. The number of rotatable bonds is 8. The van der Waals surface area contributed by atoms with Crippen LogP contribution in [0.5, 0.6) is 11.5 Å². The Bertz CT molecular complexity index is 319. The van der Waals surface area contributed by atoms with Gasteiger partial charge in [-0.25, -0.2) is 0 Å². The largest absolute Gasteiger partial charge is 0.494 e. The first-order valence-electron chi connectivity index (χ1n) is 6.47. The molecule has 0 saturated heterocycles. The predicted molar refractivity (Wildman–Crippen MR) is 68.7 cm³/mol. The lowest BCUT2D eigenvalue weighted by Crippen LogP contribution is -2.22. The molecule has 0 aromatic heterocycles. The van der Waals surface area contributed by atoms with E-state index in [2.05, 4.69) is 12.2 Å². The lowest BCUT2D eigenvalue weighted by molar-refractivity contribution is 0.306. The molecule has 1 aliphatic carbocycles. The molecule has 0 spiro atoms. The minimum atomic E-state index is 0.728. The Balaban J connectivity index is 1.65. The van der Waals surface area contributed by atoms with Gasteiger partial charge in [-0.1, -0.05) is 6.92 Å². The lowest BCUT2D eigenvalue weighted by atomic mass is 10.3. The van der Waals surface area contributed by atoms with Crippen LogP contribution >= 0.6 is 0 Å². The van der Waals surface area contributed by atoms with E-state index in [4.69, 9.17) is 9.47 Å². The summed E-state index contributed by atoms with van der Waals surface area (Å²) in [6, 6.07) is 8.59. The fourth-order valence-electron chi connectivity index (χ4n) is 1.57. The van der Waals surface area contributed by atoms with Gasteiger partial charge >= 0.3 is 0 Å². The highest BCUT2D eigenvalue weighted by molar-refractivity contribution is 5.31.